The number of likely N-dealkylation sites (tertiary alicyclic amines) is 1. The van der Waals surface area contributed by atoms with Crippen molar-refractivity contribution in [1.82, 2.24) is 14.9 Å². The van der Waals surface area contributed by atoms with Gasteiger partial charge in [-0.05, 0) is 39.2 Å². The minimum atomic E-state index is 0.787. The van der Waals surface area contributed by atoms with E-state index >= 15 is 0 Å². The zero-order valence-electron chi connectivity index (χ0n) is 11.1. The highest BCUT2D eigenvalue weighted by Crippen LogP contribution is 2.26. The molecular formula is C14H22N4. The molecule has 2 aliphatic heterocycles. The molecule has 1 unspecified atom stereocenters. The average Bonchev–Trinajstić information content (AvgIpc) is 2.86. The van der Waals surface area contributed by atoms with Crippen LogP contribution in [0.1, 0.15) is 32.6 Å². The summed E-state index contributed by atoms with van der Waals surface area (Å²) >= 11 is 0. The fraction of sp³-hybridized carbons (Fsp3) is 0.714. The van der Waals surface area contributed by atoms with Crippen molar-refractivity contribution >= 4 is 5.82 Å². The zero-order valence-corrected chi connectivity index (χ0v) is 11.1. The van der Waals surface area contributed by atoms with E-state index in [2.05, 4.69) is 26.7 Å². The molecule has 2 fully saturated rings. The Morgan fingerprint density at radius 1 is 1.11 bits per heavy atom. The van der Waals surface area contributed by atoms with Gasteiger partial charge in [-0.1, -0.05) is 0 Å². The second-order valence-corrected chi connectivity index (χ2v) is 5.51. The van der Waals surface area contributed by atoms with Crippen LogP contribution in [0.5, 0.6) is 0 Å². The molecule has 1 aromatic heterocycles. The van der Waals surface area contributed by atoms with Crippen molar-refractivity contribution in [3.8, 4) is 0 Å². The van der Waals surface area contributed by atoms with Crippen LogP contribution >= 0.6 is 0 Å². The molecule has 0 saturated carbocycles. The Kier molecular flexibility index (Phi) is 3.46. The van der Waals surface area contributed by atoms with Crippen LogP contribution in [-0.4, -0.2) is 46.6 Å². The van der Waals surface area contributed by atoms with Gasteiger partial charge in [0.05, 0.1) is 6.20 Å². The molecule has 4 heteroatoms. The van der Waals surface area contributed by atoms with Gasteiger partial charge in [-0.15, -0.1) is 0 Å². The predicted octanol–water partition coefficient (Wildman–Crippen LogP) is 1.93. The molecule has 0 radical (unpaired) electrons. The van der Waals surface area contributed by atoms with E-state index in [1.165, 1.54) is 32.2 Å². The van der Waals surface area contributed by atoms with Crippen LogP contribution in [0.15, 0.2) is 18.6 Å². The molecule has 0 bridgehead atoms. The lowest BCUT2D eigenvalue weighted by Gasteiger charge is -2.38. The van der Waals surface area contributed by atoms with E-state index in [1.54, 1.807) is 12.4 Å². The van der Waals surface area contributed by atoms with Crippen LogP contribution in [0.25, 0.3) is 0 Å². The lowest BCUT2D eigenvalue weighted by Crippen LogP contribution is -2.46. The smallest absolute Gasteiger partial charge is 0.147 e. The Hall–Kier alpha value is -1.16. The number of piperidine rings is 1. The Morgan fingerprint density at radius 3 is 2.56 bits per heavy atom. The van der Waals surface area contributed by atoms with E-state index < -0.39 is 0 Å². The largest absolute Gasteiger partial charge is 0.355 e. The van der Waals surface area contributed by atoms with Gasteiger partial charge >= 0.3 is 0 Å². The lowest BCUT2D eigenvalue weighted by molar-refractivity contribution is 0.163. The summed E-state index contributed by atoms with van der Waals surface area (Å²) in [5, 5.41) is 0. The molecule has 2 saturated heterocycles. The van der Waals surface area contributed by atoms with E-state index in [0.717, 1.165) is 31.0 Å². The maximum atomic E-state index is 4.39. The summed E-state index contributed by atoms with van der Waals surface area (Å²) in [5.41, 5.74) is 0. The van der Waals surface area contributed by atoms with Gasteiger partial charge in [0.2, 0.25) is 0 Å². The second-order valence-electron chi connectivity index (χ2n) is 5.51. The van der Waals surface area contributed by atoms with Crippen molar-refractivity contribution in [3.05, 3.63) is 18.6 Å². The molecule has 18 heavy (non-hydrogen) atoms. The van der Waals surface area contributed by atoms with Crippen LogP contribution < -0.4 is 4.90 Å². The zero-order chi connectivity index (χ0) is 12.4. The topological polar surface area (TPSA) is 32.3 Å². The summed E-state index contributed by atoms with van der Waals surface area (Å²) in [4.78, 5) is 13.6. The number of hydrogen-bond acceptors (Lipinski definition) is 4. The third kappa shape index (κ3) is 2.34. The number of rotatable bonds is 2. The predicted molar refractivity (Wildman–Crippen MR) is 72.7 cm³/mol. The van der Waals surface area contributed by atoms with Crippen LogP contribution in [0.2, 0.25) is 0 Å². The van der Waals surface area contributed by atoms with Gasteiger partial charge in [-0.2, -0.15) is 0 Å². The third-order valence-corrected chi connectivity index (χ3v) is 4.41. The van der Waals surface area contributed by atoms with Crippen molar-refractivity contribution in [3.63, 3.8) is 0 Å². The third-order valence-electron chi connectivity index (χ3n) is 4.41. The molecule has 0 N–H and O–H groups in total. The van der Waals surface area contributed by atoms with E-state index in [0.29, 0.717) is 0 Å². The molecule has 2 aliphatic rings. The minimum absolute atomic E-state index is 0.787. The first-order chi connectivity index (χ1) is 8.84. The highest BCUT2D eigenvalue weighted by molar-refractivity contribution is 5.35. The van der Waals surface area contributed by atoms with Gasteiger partial charge < -0.3 is 4.90 Å². The van der Waals surface area contributed by atoms with Crippen LogP contribution in [0, 0.1) is 0 Å². The second kappa shape index (κ2) is 5.22. The van der Waals surface area contributed by atoms with E-state index in [-0.39, 0.29) is 0 Å². The highest BCUT2D eigenvalue weighted by atomic mass is 15.2. The molecule has 98 valence electrons. The highest BCUT2D eigenvalue weighted by Gasteiger charge is 2.30. The van der Waals surface area contributed by atoms with Crippen LogP contribution in [0.3, 0.4) is 0 Å². The average molecular weight is 246 g/mol. The molecule has 1 atom stereocenters. The number of hydrogen-bond donors (Lipinski definition) is 0. The molecule has 3 heterocycles. The summed E-state index contributed by atoms with van der Waals surface area (Å²) in [7, 11) is 0. The monoisotopic (exact) mass is 246 g/mol. The van der Waals surface area contributed by atoms with E-state index in [4.69, 9.17) is 0 Å². The first-order valence-corrected chi connectivity index (χ1v) is 7.11. The molecule has 0 amide bonds. The Labute approximate surface area is 109 Å². The Bertz CT molecular complexity index is 373. The molecule has 3 rings (SSSR count). The van der Waals surface area contributed by atoms with Crippen molar-refractivity contribution in [2.75, 3.05) is 24.5 Å². The summed E-state index contributed by atoms with van der Waals surface area (Å²) in [6.07, 6.45) is 10.7. The summed E-state index contributed by atoms with van der Waals surface area (Å²) < 4.78 is 0. The molecule has 0 aromatic carbocycles. The van der Waals surface area contributed by atoms with E-state index in [9.17, 15) is 0 Å². The Morgan fingerprint density at radius 2 is 1.94 bits per heavy atom. The normalized spacial score (nSPS) is 26.7. The van der Waals surface area contributed by atoms with Gasteiger partial charge in [0.25, 0.3) is 0 Å². The van der Waals surface area contributed by atoms with Gasteiger partial charge in [0.15, 0.2) is 0 Å². The van der Waals surface area contributed by atoms with E-state index in [1.807, 2.05) is 6.20 Å². The lowest BCUT2D eigenvalue weighted by atomic mass is 10.0. The first kappa shape index (κ1) is 11.9. The van der Waals surface area contributed by atoms with Crippen molar-refractivity contribution < 1.29 is 0 Å². The minimum Gasteiger partial charge on any atom is -0.355 e. The van der Waals surface area contributed by atoms with Crippen molar-refractivity contribution in [2.24, 2.45) is 0 Å². The first-order valence-electron chi connectivity index (χ1n) is 7.11. The summed E-state index contributed by atoms with van der Waals surface area (Å²) in [6.45, 7) is 5.91. The van der Waals surface area contributed by atoms with Crippen LogP contribution in [0.4, 0.5) is 5.82 Å². The standard InChI is InChI=1S/C14H22N4/c1-12-3-2-8-18(12)13-4-9-17(10-5-13)14-11-15-6-7-16-14/h6-7,11-13H,2-5,8-10H2,1H3. The molecule has 4 nitrogen and oxygen atoms in total. The Balaban J connectivity index is 1.58. The van der Waals surface area contributed by atoms with Gasteiger partial charge in [0.1, 0.15) is 5.82 Å². The SMILES string of the molecule is CC1CCCN1C1CCN(c2cnccn2)CC1. The number of aromatic nitrogens is 2. The van der Waals surface area contributed by atoms with Crippen LogP contribution in [-0.2, 0) is 0 Å². The molecular weight excluding hydrogens is 224 g/mol. The van der Waals surface area contributed by atoms with Crippen molar-refractivity contribution in [2.45, 2.75) is 44.7 Å². The molecule has 0 spiro atoms. The fourth-order valence-electron chi connectivity index (χ4n) is 3.38. The quantitative estimate of drug-likeness (QED) is 0.798. The maximum Gasteiger partial charge on any atom is 0.147 e. The fourth-order valence-corrected chi connectivity index (χ4v) is 3.38. The van der Waals surface area contributed by atoms with Gasteiger partial charge in [-0.25, -0.2) is 4.98 Å². The van der Waals surface area contributed by atoms with Crippen molar-refractivity contribution in [1.29, 1.82) is 0 Å². The maximum absolute atomic E-state index is 4.39. The number of anilines is 1. The summed E-state index contributed by atoms with van der Waals surface area (Å²) in [5.74, 6) is 1.03. The molecule has 1 aromatic rings. The summed E-state index contributed by atoms with van der Waals surface area (Å²) in [6, 6.07) is 1.58. The number of nitrogens with zero attached hydrogens (tertiary/aromatic N) is 4. The van der Waals surface area contributed by atoms with Gasteiger partial charge in [-0.3, -0.25) is 9.88 Å². The molecule has 0 aliphatic carbocycles. The van der Waals surface area contributed by atoms with Gasteiger partial charge in [0, 0.05) is 37.6 Å².